The Kier molecular flexibility index (Phi) is 8.40. The molecule has 0 saturated carbocycles. The molecular weight excluding hydrogens is 382 g/mol. The Hall–Kier alpha value is -2.02. The predicted molar refractivity (Wildman–Crippen MR) is 118 cm³/mol. The summed E-state index contributed by atoms with van der Waals surface area (Å²) in [6.45, 7) is 9.02. The molecule has 2 heterocycles. The van der Waals surface area contributed by atoms with E-state index in [1.165, 1.54) is 16.9 Å². The van der Waals surface area contributed by atoms with Crippen LogP contribution in [0.4, 0.5) is 0 Å². The summed E-state index contributed by atoms with van der Waals surface area (Å²) in [7, 11) is 0. The summed E-state index contributed by atoms with van der Waals surface area (Å²) in [5.41, 5.74) is 1.37. The van der Waals surface area contributed by atoms with Gasteiger partial charge >= 0.3 is 0 Å². The van der Waals surface area contributed by atoms with Crippen LogP contribution in [0.3, 0.4) is 0 Å². The first-order valence-corrected chi connectivity index (χ1v) is 11.3. The first kappa shape index (κ1) is 21.7. The molecule has 0 unspecified atom stereocenters. The number of rotatable bonds is 10. The van der Waals surface area contributed by atoms with E-state index in [2.05, 4.69) is 45.4 Å². The van der Waals surface area contributed by atoms with Crippen LogP contribution in [0.5, 0.6) is 0 Å². The van der Waals surface area contributed by atoms with Gasteiger partial charge in [-0.2, -0.15) is 0 Å². The third-order valence-electron chi connectivity index (χ3n) is 5.28. The number of nitrogens with zero attached hydrogens (tertiary/aromatic N) is 2. The summed E-state index contributed by atoms with van der Waals surface area (Å²) in [6, 6.07) is 14.4. The van der Waals surface area contributed by atoms with Crippen LogP contribution in [-0.4, -0.2) is 60.8 Å². The van der Waals surface area contributed by atoms with Gasteiger partial charge in [-0.1, -0.05) is 30.3 Å². The minimum Gasteiger partial charge on any atom is -0.356 e. The van der Waals surface area contributed by atoms with Crippen LogP contribution in [0.1, 0.15) is 39.4 Å². The second kappa shape index (κ2) is 11.2. The van der Waals surface area contributed by atoms with E-state index in [0.29, 0.717) is 6.54 Å². The zero-order valence-electron chi connectivity index (χ0n) is 17.2. The molecule has 0 radical (unpaired) electrons. The van der Waals surface area contributed by atoms with Gasteiger partial charge < -0.3 is 10.2 Å². The molecule has 6 heteroatoms. The molecule has 0 bridgehead atoms. The highest BCUT2D eigenvalue weighted by atomic mass is 32.1. The monoisotopic (exact) mass is 413 g/mol. The second-order valence-electron chi connectivity index (χ2n) is 7.64. The van der Waals surface area contributed by atoms with Gasteiger partial charge in [0.1, 0.15) is 0 Å². The lowest BCUT2D eigenvalue weighted by molar-refractivity contribution is -0.121. The number of thiophene rings is 1. The largest absolute Gasteiger partial charge is 0.356 e. The lowest BCUT2D eigenvalue weighted by atomic mass is 10.2. The molecule has 0 atom stereocenters. The van der Waals surface area contributed by atoms with E-state index >= 15 is 0 Å². The fourth-order valence-corrected chi connectivity index (χ4v) is 4.40. The van der Waals surface area contributed by atoms with E-state index in [1.54, 1.807) is 0 Å². The van der Waals surface area contributed by atoms with E-state index in [4.69, 9.17) is 0 Å². The molecule has 2 aromatic rings. The number of Topliss-reactive ketones (excluding diaryl/α,β-unsaturated/α-hetero) is 1. The number of benzene rings is 1. The predicted octanol–water partition coefficient (Wildman–Crippen LogP) is 3.34. The van der Waals surface area contributed by atoms with Gasteiger partial charge in [-0.05, 0) is 37.6 Å². The molecule has 1 fully saturated rings. The maximum atomic E-state index is 12.1. The zero-order valence-corrected chi connectivity index (χ0v) is 18.0. The maximum Gasteiger partial charge on any atom is 0.220 e. The Morgan fingerprint density at radius 3 is 2.38 bits per heavy atom. The van der Waals surface area contributed by atoms with Gasteiger partial charge in [0.05, 0.1) is 4.88 Å². The molecule has 1 aliphatic rings. The minimum atomic E-state index is -0.0284. The third kappa shape index (κ3) is 7.38. The molecular formula is C23H31N3O2S. The molecule has 1 amide bonds. The third-order valence-corrected chi connectivity index (χ3v) is 6.32. The topological polar surface area (TPSA) is 52.7 Å². The first-order chi connectivity index (χ1) is 14.1. The quantitative estimate of drug-likeness (QED) is 0.479. The minimum absolute atomic E-state index is 0.0284. The van der Waals surface area contributed by atoms with Crippen LogP contribution >= 0.6 is 11.3 Å². The van der Waals surface area contributed by atoms with Gasteiger partial charge in [0, 0.05) is 57.0 Å². The molecule has 29 heavy (non-hydrogen) atoms. The number of aryl methyl sites for hydroxylation is 1. The summed E-state index contributed by atoms with van der Waals surface area (Å²) in [5, 5.41) is 2.95. The SMILES string of the molecule is Cc1ccc(C(=O)CCC(=O)NCCCN2CCN(Cc3ccccc3)CC2)s1. The lowest BCUT2D eigenvalue weighted by Crippen LogP contribution is -2.46. The molecule has 0 aliphatic carbocycles. The summed E-state index contributed by atoms with van der Waals surface area (Å²) in [6.07, 6.45) is 1.51. The number of amides is 1. The van der Waals surface area contributed by atoms with Crippen LogP contribution in [0.25, 0.3) is 0 Å². The van der Waals surface area contributed by atoms with Gasteiger partial charge in [-0.3, -0.25) is 14.5 Å². The number of carbonyl (C=O) groups is 2. The second-order valence-corrected chi connectivity index (χ2v) is 8.93. The number of hydrogen-bond acceptors (Lipinski definition) is 5. The van der Waals surface area contributed by atoms with Crippen LogP contribution in [0, 0.1) is 6.92 Å². The molecule has 1 saturated heterocycles. The molecule has 156 valence electrons. The molecule has 1 aromatic heterocycles. The van der Waals surface area contributed by atoms with Crippen molar-refractivity contribution in [2.45, 2.75) is 32.7 Å². The fraction of sp³-hybridized carbons (Fsp3) is 0.478. The Morgan fingerprint density at radius 1 is 0.966 bits per heavy atom. The first-order valence-electron chi connectivity index (χ1n) is 10.4. The summed E-state index contributed by atoms with van der Waals surface area (Å²) < 4.78 is 0. The van der Waals surface area contributed by atoms with E-state index in [1.807, 2.05) is 19.1 Å². The Morgan fingerprint density at radius 2 is 1.69 bits per heavy atom. The lowest BCUT2D eigenvalue weighted by Gasteiger charge is -2.34. The normalized spacial score (nSPS) is 15.3. The highest BCUT2D eigenvalue weighted by Crippen LogP contribution is 2.17. The molecule has 1 aliphatic heterocycles. The number of ketones is 1. The number of nitrogens with one attached hydrogen (secondary N) is 1. The number of hydrogen-bond donors (Lipinski definition) is 1. The van der Waals surface area contributed by atoms with Crippen molar-refractivity contribution in [3.8, 4) is 0 Å². The van der Waals surface area contributed by atoms with Crippen molar-refractivity contribution >= 4 is 23.0 Å². The van der Waals surface area contributed by atoms with Crippen LogP contribution in [-0.2, 0) is 11.3 Å². The van der Waals surface area contributed by atoms with E-state index in [-0.39, 0.29) is 24.5 Å². The maximum absolute atomic E-state index is 12.1. The van der Waals surface area contributed by atoms with Crippen LogP contribution < -0.4 is 5.32 Å². The van der Waals surface area contributed by atoms with Gasteiger partial charge in [0.25, 0.3) is 0 Å². The highest BCUT2D eigenvalue weighted by molar-refractivity contribution is 7.14. The molecule has 5 nitrogen and oxygen atoms in total. The Balaban J connectivity index is 1.23. The van der Waals surface area contributed by atoms with Crippen molar-refractivity contribution in [2.24, 2.45) is 0 Å². The molecule has 3 rings (SSSR count). The standard InChI is InChI=1S/C23H31N3O2S/c1-19-8-10-22(29-19)21(27)9-11-23(28)24-12-5-13-25-14-16-26(17-15-25)18-20-6-3-2-4-7-20/h2-4,6-8,10H,5,9,11-18H2,1H3,(H,24,28). The molecule has 1 aromatic carbocycles. The van der Waals surface area contributed by atoms with Crippen molar-refractivity contribution in [1.82, 2.24) is 15.1 Å². The smallest absolute Gasteiger partial charge is 0.220 e. The average Bonchev–Trinajstić information content (AvgIpc) is 3.18. The van der Waals surface area contributed by atoms with Crippen LogP contribution in [0.2, 0.25) is 0 Å². The zero-order chi connectivity index (χ0) is 20.5. The van der Waals surface area contributed by atoms with Crippen molar-refractivity contribution in [3.63, 3.8) is 0 Å². The van der Waals surface area contributed by atoms with Gasteiger partial charge in [-0.25, -0.2) is 0 Å². The number of piperazine rings is 1. The summed E-state index contributed by atoms with van der Waals surface area (Å²) in [5.74, 6) is 0.0333. The van der Waals surface area contributed by atoms with Crippen molar-refractivity contribution in [2.75, 3.05) is 39.3 Å². The Labute approximate surface area is 177 Å². The highest BCUT2D eigenvalue weighted by Gasteiger charge is 2.16. The Bertz CT molecular complexity index is 782. The molecule has 1 N–H and O–H groups in total. The number of carbonyl (C=O) groups excluding carboxylic acids is 2. The van der Waals surface area contributed by atoms with Crippen LogP contribution in [0.15, 0.2) is 42.5 Å². The van der Waals surface area contributed by atoms with Crippen molar-refractivity contribution in [1.29, 1.82) is 0 Å². The van der Waals surface area contributed by atoms with Gasteiger partial charge in [0.15, 0.2) is 5.78 Å². The van der Waals surface area contributed by atoms with E-state index < -0.39 is 0 Å². The summed E-state index contributed by atoms with van der Waals surface area (Å²) in [4.78, 5) is 30.9. The van der Waals surface area contributed by atoms with Gasteiger partial charge in [0.2, 0.25) is 5.91 Å². The summed E-state index contributed by atoms with van der Waals surface area (Å²) >= 11 is 1.49. The fourth-order valence-electron chi connectivity index (χ4n) is 3.57. The molecule has 0 spiro atoms. The van der Waals surface area contributed by atoms with Gasteiger partial charge in [-0.15, -0.1) is 11.3 Å². The van der Waals surface area contributed by atoms with Crippen molar-refractivity contribution in [3.05, 3.63) is 57.8 Å². The average molecular weight is 414 g/mol. The van der Waals surface area contributed by atoms with E-state index in [9.17, 15) is 9.59 Å². The van der Waals surface area contributed by atoms with E-state index in [0.717, 1.165) is 55.4 Å². The van der Waals surface area contributed by atoms with Crippen molar-refractivity contribution < 1.29 is 9.59 Å².